The summed E-state index contributed by atoms with van der Waals surface area (Å²) in [7, 11) is 0. The van der Waals surface area contributed by atoms with Crippen molar-refractivity contribution >= 4 is 11.6 Å². The van der Waals surface area contributed by atoms with E-state index in [2.05, 4.69) is 10.6 Å². The maximum atomic E-state index is 12.1. The Hall–Kier alpha value is -2.69. The molecule has 1 atom stereocenters. The average molecular weight is 270 g/mol. The van der Waals surface area contributed by atoms with Crippen LogP contribution in [0.5, 0.6) is 11.5 Å². The number of phenols is 2. The van der Waals surface area contributed by atoms with Crippen LogP contribution in [0.2, 0.25) is 0 Å². The maximum absolute atomic E-state index is 12.1. The number of fused-ring (bicyclic) bond motifs is 1. The number of anilines is 1. The van der Waals surface area contributed by atoms with E-state index in [1.54, 1.807) is 12.1 Å². The van der Waals surface area contributed by atoms with Crippen molar-refractivity contribution in [2.45, 2.75) is 13.1 Å². The lowest BCUT2D eigenvalue weighted by Crippen LogP contribution is -2.38. The highest BCUT2D eigenvalue weighted by Crippen LogP contribution is 2.32. The van der Waals surface area contributed by atoms with E-state index in [-0.39, 0.29) is 17.4 Å². The van der Waals surface area contributed by atoms with E-state index in [0.29, 0.717) is 11.1 Å². The number of benzene rings is 2. The third-order valence-electron chi connectivity index (χ3n) is 3.41. The lowest BCUT2D eigenvalue weighted by Gasteiger charge is -2.29. The molecule has 0 aliphatic carbocycles. The third kappa shape index (κ3) is 1.93. The molecule has 2 aromatic carbocycles. The molecular weight excluding hydrogens is 256 g/mol. The highest BCUT2D eigenvalue weighted by atomic mass is 16.3. The average Bonchev–Trinajstić information content (AvgIpc) is 2.43. The number of carbonyl (C=O) groups is 1. The molecule has 5 heteroatoms. The highest BCUT2D eigenvalue weighted by Gasteiger charge is 2.25. The molecule has 2 aromatic rings. The number of aromatic hydroxyl groups is 2. The fraction of sp³-hybridized carbons (Fsp3) is 0.133. The van der Waals surface area contributed by atoms with Gasteiger partial charge in [-0.05, 0) is 36.2 Å². The van der Waals surface area contributed by atoms with E-state index in [4.69, 9.17) is 0 Å². The van der Waals surface area contributed by atoms with Gasteiger partial charge in [0, 0.05) is 0 Å². The van der Waals surface area contributed by atoms with Crippen LogP contribution in [0, 0.1) is 6.92 Å². The zero-order valence-electron chi connectivity index (χ0n) is 10.8. The Labute approximate surface area is 115 Å². The fourth-order valence-corrected chi connectivity index (χ4v) is 2.32. The van der Waals surface area contributed by atoms with Gasteiger partial charge in [-0.3, -0.25) is 4.79 Å². The molecule has 0 unspecified atom stereocenters. The van der Waals surface area contributed by atoms with E-state index in [9.17, 15) is 15.0 Å². The van der Waals surface area contributed by atoms with Crippen molar-refractivity contribution in [1.29, 1.82) is 0 Å². The molecule has 0 saturated heterocycles. The monoisotopic (exact) mass is 270 g/mol. The first-order chi connectivity index (χ1) is 9.56. The molecule has 0 spiro atoms. The van der Waals surface area contributed by atoms with E-state index >= 15 is 0 Å². The van der Waals surface area contributed by atoms with Crippen LogP contribution in [0.1, 0.15) is 27.7 Å². The summed E-state index contributed by atoms with van der Waals surface area (Å²) < 4.78 is 0. The molecule has 0 radical (unpaired) electrons. The van der Waals surface area contributed by atoms with Gasteiger partial charge >= 0.3 is 0 Å². The summed E-state index contributed by atoms with van der Waals surface area (Å²) in [4.78, 5) is 12.1. The Kier molecular flexibility index (Phi) is 2.75. The molecule has 1 amide bonds. The van der Waals surface area contributed by atoms with E-state index in [1.165, 1.54) is 12.1 Å². The van der Waals surface area contributed by atoms with E-state index in [0.717, 1.165) is 11.3 Å². The van der Waals surface area contributed by atoms with Crippen LogP contribution in [0.4, 0.5) is 5.69 Å². The van der Waals surface area contributed by atoms with Gasteiger partial charge < -0.3 is 20.8 Å². The number of nitrogens with one attached hydrogen (secondary N) is 2. The molecule has 4 N–H and O–H groups in total. The molecule has 0 fully saturated rings. The normalized spacial score (nSPS) is 17.1. The number of rotatable bonds is 1. The lowest BCUT2D eigenvalue weighted by molar-refractivity contribution is 0.0935. The molecule has 1 aliphatic heterocycles. The zero-order valence-corrected chi connectivity index (χ0v) is 10.8. The van der Waals surface area contributed by atoms with Gasteiger partial charge in [-0.2, -0.15) is 0 Å². The van der Waals surface area contributed by atoms with Crippen molar-refractivity contribution in [2.24, 2.45) is 0 Å². The van der Waals surface area contributed by atoms with Crippen LogP contribution in [-0.4, -0.2) is 16.1 Å². The van der Waals surface area contributed by atoms with Crippen LogP contribution in [0.3, 0.4) is 0 Å². The minimum Gasteiger partial charge on any atom is -0.504 e. The zero-order chi connectivity index (χ0) is 14.3. The number of hydrogen-bond acceptors (Lipinski definition) is 4. The minimum atomic E-state index is -0.442. The van der Waals surface area contributed by atoms with Crippen molar-refractivity contribution < 1.29 is 15.0 Å². The van der Waals surface area contributed by atoms with Crippen LogP contribution < -0.4 is 10.6 Å². The third-order valence-corrected chi connectivity index (χ3v) is 3.41. The number of hydrogen-bond donors (Lipinski definition) is 4. The van der Waals surface area contributed by atoms with E-state index in [1.807, 2.05) is 19.1 Å². The van der Waals surface area contributed by atoms with Gasteiger partial charge in [0.2, 0.25) is 0 Å². The molecule has 0 bridgehead atoms. The summed E-state index contributed by atoms with van der Waals surface area (Å²) in [6.45, 7) is 1.93. The first-order valence-corrected chi connectivity index (χ1v) is 6.25. The number of carbonyl (C=O) groups excluding carboxylic acids is 1. The first kappa shape index (κ1) is 12.3. The van der Waals surface area contributed by atoms with Crippen molar-refractivity contribution in [2.75, 3.05) is 5.32 Å². The number of para-hydroxylation sites is 1. The van der Waals surface area contributed by atoms with Gasteiger partial charge in [0.15, 0.2) is 11.5 Å². The van der Waals surface area contributed by atoms with Gasteiger partial charge in [0.25, 0.3) is 5.91 Å². The van der Waals surface area contributed by atoms with Crippen molar-refractivity contribution in [1.82, 2.24) is 5.32 Å². The molecule has 3 rings (SSSR count). The van der Waals surface area contributed by atoms with Gasteiger partial charge in [-0.15, -0.1) is 0 Å². The minimum absolute atomic E-state index is 0.167. The van der Waals surface area contributed by atoms with Crippen LogP contribution >= 0.6 is 0 Å². The Morgan fingerprint density at radius 1 is 1.05 bits per heavy atom. The number of phenolic OH excluding ortho intramolecular Hbond substituents is 2. The van der Waals surface area contributed by atoms with E-state index < -0.39 is 6.17 Å². The smallest absolute Gasteiger partial charge is 0.255 e. The van der Waals surface area contributed by atoms with Crippen LogP contribution in [0.25, 0.3) is 0 Å². The Morgan fingerprint density at radius 2 is 1.85 bits per heavy atom. The fourth-order valence-electron chi connectivity index (χ4n) is 2.32. The van der Waals surface area contributed by atoms with Crippen molar-refractivity contribution in [3.05, 3.63) is 53.1 Å². The van der Waals surface area contributed by atoms with Gasteiger partial charge in [-0.1, -0.05) is 18.2 Å². The quantitative estimate of drug-likeness (QED) is 0.599. The Bertz CT molecular complexity index is 698. The summed E-state index contributed by atoms with van der Waals surface area (Å²) in [5, 5.41) is 24.9. The Morgan fingerprint density at radius 3 is 2.60 bits per heavy atom. The van der Waals surface area contributed by atoms with Gasteiger partial charge in [-0.25, -0.2) is 0 Å². The number of amides is 1. The van der Waals surface area contributed by atoms with Gasteiger partial charge in [0.05, 0.1) is 11.3 Å². The summed E-state index contributed by atoms with van der Waals surface area (Å²) in [5.41, 5.74) is 3.03. The summed E-state index contributed by atoms with van der Waals surface area (Å²) in [6.07, 6.45) is -0.442. The molecule has 1 heterocycles. The van der Waals surface area contributed by atoms with Crippen molar-refractivity contribution in [3.63, 3.8) is 0 Å². The largest absolute Gasteiger partial charge is 0.504 e. The van der Waals surface area contributed by atoms with Gasteiger partial charge in [0.1, 0.15) is 6.17 Å². The predicted molar refractivity (Wildman–Crippen MR) is 74.8 cm³/mol. The Balaban J connectivity index is 2.00. The lowest BCUT2D eigenvalue weighted by atomic mass is 10.0. The summed E-state index contributed by atoms with van der Waals surface area (Å²) in [5.74, 6) is -0.568. The summed E-state index contributed by atoms with van der Waals surface area (Å²) in [6, 6.07) is 9.99. The SMILES string of the molecule is Cc1cccc2c1N[C@@H](c1ccc(O)c(O)c1)NC2=O. The molecular formula is C15H14N2O3. The second-order valence-electron chi connectivity index (χ2n) is 4.80. The second-order valence-corrected chi connectivity index (χ2v) is 4.80. The second kappa shape index (κ2) is 4.45. The first-order valence-electron chi connectivity index (χ1n) is 6.25. The molecule has 5 nitrogen and oxygen atoms in total. The molecule has 0 aromatic heterocycles. The standard InChI is InChI=1S/C15H14N2O3/c1-8-3-2-4-10-13(8)16-14(17-15(10)20)9-5-6-11(18)12(19)7-9/h2-7,14,16,18-19H,1H3,(H,17,20)/t14-/m1/s1. The molecule has 0 saturated carbocycles. The molecule has 102 valence electrons. The van der Waals surface area contributed by atoms with Crippen molar-refractivity contribution in [3.8, 4) is 11.5 Å². The highest BCUT2D eigenvalue weighted by molar-refractivity contribution is 6.02. The maximum Gasteiger partial charge on any atom is 0.255 e. The predicted octanol–water partition coefficient (Wildman–Crippen LogP) is 2.26. The molecule has 1 aliphatic rings. The topological polar surface area (TPSA) is 81.6 Å². The van der Waals surface area contributed by atoms with Crippen LogP contribution in [0.15, 0.2) is 36.4 Å². The molecule has 20 heavy (non-hydrogen) atoms. The summed E-state index contributed by atoms with van der Waals surface area (Å²) >= 11 is 0. The van der Waals surface area contributed by atoms with Crippen LogP contribution in [-0.2, 0) is 0 Å². The number of aryl methyl sites for hydroxylation is 1.